The monoisotopic (exact) mass is 189 g/mol. The van der Waals surface area contributed by atoms with Crippen LogP contribution in [0.4, 0.5) is 4.39 Å². The van der Waals surface area contributed by atoms with Gasteiger partial charge < -0.3 is 5.73 Å². The smallest absolute Gasteiger partial charge is 0.123 e. The van der Waals surface area contributed by atoms with Crippen molar-refractivity contribution in [2.24, 2.45) is 5.73 Å². The van der Waals surface area contributed by atoms with Crippen molar-refractivity contribution in [3.05, 3.63) is 60.0 Å². The van der Waals surface area contributed by atoms with Crippen LogP contribution in [0, 0.1) is 5.82 Å². The Morgan fingerprint density at radius 3 is 2.43 bits per heavy atom. The lowest BCUT2D eigenvalue weighted by atomic mass is 9.85. The summed E-state index contributed by atoms with van der Waals surface area (Å²) in [4.78, 5) is 0. The van der Waals surface area contributed by atoms with Gasteiger partial charge in [0, 0.05) is 0 Å². The number of hydrogen-bond donors (Lipinski definition) is 1. The van der Waals surface area contributed by atoms with Gasteiger partial charge in [0.2, 0.25) is 0 Å². The molecule has 1 atom stereocenters. The quantitative estimate of drug-likeness (QED) is 0.721. The lowest BCUT2D eigenvalue weighted by Crippen LogP contribution is -2.34. The average molecular weight is 189 g/mol. The van der Waals surface area contributed by atoms with E-state index in [4.69, 9.17) is 5.73 Å². The number of nitrogens with two attached hydrogens (primary N) is 1. The molecule has 1 aromatic rings. The molecule has 1 unspecified atom stereocenters. The van der Waals surface area contributed by atoms with Crippen LogP contribution in [0.5, 0.6) is 0 Å². The molecule has 14 heavy (non-hydrogen) atoms. The number of halogens is 1. The van der Waals surface area contributed by atoms with Crippen LogP contribution in [-0.2, 0) is 5.54 Å². The SMILES string of the molecule is NC1(c2ccc(F)cc2)C=CC=CC1. The van der Waals surface area contributed by atoms with Crippen molar-refractivity contribution < 1.29 is 4.39 Å². The van der Waals surface area contributed by atoms with E-state index in [1.54, 1.807) is 12.1 Å². The van der Waals surface area contributed by atoms with E-state index in [-0.39, 0.29) is 5.82 Å². The molecule has 1 aliphatic rings. The first kappa shape index (κ1) is 9.16. The summed E-state index contributed by atoms with van der Waals surface area (Å²) in [6, 6.07) is 6.35. The van der Waals surface area contributed by atoms with Gasteiger partial charge in [0.05, 0.1) is 5.54 Å². The third-order valence-electron chi connectivity index (χ3n) is 2.48. The molecule has 1 aromatic carbocycles. The second kappa shape index (κ2) is 3.39. The van der Waals surface area contributed by atoms with Crippen LogP contribution in [-0.4, -0.2) is 0 Å². The predicted molar refractivity (Wildman–Crippen MR) is 55.2 cm³/mol. The molecule has 0 aromatic heterocycles. The Hall–Kier alpha value is -1.41. The van der Waals surface area contributed by atoms with E-state index >= 15 is 0 Å². The molecule has 2 N–H and O–H groups in total. The second-order valence-electron chi connectivity index (χ2n) is 3.54. The largest absolute Gasteiger partial charge is 0.318 e. The number of allylic oxidation sites excluding steroid dienone is 2. The fourth-order valence-corrected chi connectivity index (χ4v) is 1.61. The summed E-state index contributed by atoms with van der Waals surface area (Å²) in [6.07, 6.45) is 8.61. The molecule has 2 rings (SSSR count). The minimum atomic E-state index is -0.470. The van der Waals surface area contributed by atoms with Crippen LogP contribution >= 0.6 is 0 Å². The summed E-state index contributed by atoms with van der Waals surface area (Å²) >= 11 is 0. The van der Waals surface area contributed by atoms with E-state index in [0.29, 0.717) is 0 Å². The molecule has 1 aliphatic carbocycles. The maximum atomic E-state index is 12.7. The van der Waals surface area contributed by atoms with Gasteiger partial charge >= 0.3 is 0 Å². The van der Waals surface area contributed by atoms with E-state index in [9.17, 15) is 4.39 Å². The highest BCUT2D eigenvalue weighted by molar-refractivity contribution is 5.34. The molecule has 1 nitrogen and oxygen atoms in total. The van der Waals surface area contributed by atoms with Crippen LogP contribution < -0.4 is 5.73 Å². The van der Waals surface area contributed by atoms with Crippen molar-refractivity contribution in [3.63, 3.8) is 0 Å². The van der Waals surface area contributed by atoms with Crippen LogP contribution in [0.3, 0.4) is 0 Å². The van der Waals surface area contributed by atoms with Gasteiger partial charge in [0.25, 0.3) is 0 Å². The average Bonchev–Trinajstić information content (AvgIpc) is 2.19. The Bertz CT molecular complexity index is 378. The van der Waals surface area contributed by atoms with Gasteiger partial charge in [-0.1, -0.05) is 36.4 Å². The summed E-state index contributed by atoms with van der Waals surface area (Å²) in [5.41, 5.74) is 6.64. The van der Waals surface area contributed by atoms with Crippen LogP contribution in [0.25, 0.3) is 0 Å². The first-order valence-corrected chi connectivity index (χ1v) is 4.60. The summed E-state index contributed by atoms with van der Waals surface area (Å²) in [7, 11) is 0. The minimum absolute atomic E-state index is 0.229. The highest BCUT2D eigenvalue weighted by atomic mass is 19.1. The molecule has 0 bridgehead atoms. The van der Waals surface area contributed by atoms with Crippen molar-refractivity contribution >= 4 is 0 Å². The van der Waals surface area contributed by atoms with Crippen molar-refractivity contribution in [1.82, 2.24) is 0 Å². The first-order chi connectivity index (χ1) is 6.71. The van der Waals surface area contributed by atoms with E-state index < -0.39 is 5.54 Å². The molecule has 0 amide bonds. The summed E-state index contributed by atoms with van der Waals surface area (Å²) in [5, 5.41) is 0. The fourth-order valence-electron chi connectivity index (χ4n) is 1.61. The predicted octanol–water partition coefficient (Wildman–Crippen LogP) is 2.50. The normalized spacial score (nSPS) is 25.3. The molecule has 0 spiro atoms. The summed E-state index contributed by atoms with van der Waals surface area (Å²) in [6.45, 7) is 0. The van der Waals surface area contributed by atoms with Gasteiger partial charge in [-0.25, -0.2) is 4.39 Å². The molecule has 0 heterocycles. The maximum Gasteiger partial charge on any atom is 0.123 e. The van der Waals surface area contributed by atoms with Gasteiger partial charge in [0.1, 0.15) is 5.82 Å². The van der Waals surface area contributed by atoms with Gasteiger partial charge in [-0.15, -0.1) is 0 Å². The van der Waals surface area contributed by atoms with Crippen molar-refractivity contribution in [1.29, 1.82) is 0 Å². The van der Waals surface area contributed by atoms with E-state index in [1.807, 2.05) is 24.3 Å². The fraction of sp³-hybridized carbons (Fsp3) is 0.167. The summed E-state index contributed by atoms with van der Waals surface area (Å²) < 4.78 is 12.7. The zero-order chi connectivity index (χ0) is 10.0. The molecular weight excluding hydrogens is 177 g/mol. The first-order valence-electron chi connectivity index (χ1n) is 4.60. The topological polar surface area (TPSA) is 26.0 Å². The van der Waals surface area contributed by atoms with Gasteiger partial charge in [0.15, 0.2) is 0 Å². The number of hydrogen-bond acceptors (Lipinski definition) is 1. The van der Waals surface area contributed by atoms with Crippen LogP contribution in [0.2, 0.25) is 0 Å². The second-order valence-corrected chi connectivity index (χ2v) is 3.54. The Balaban J connectivity index is 2.34. The molecule has 0 fully saturated rings. The third kappa shape index (κ3) is 1.61. The van der Waals surface area contributed by atoms with Crippen molar-refractivity contribution in [2.45, 2.75) is 12.0 Å². The highest BCUT2D eigenvalue weighted by Gasteiger charge is 2.23. The lowest BCUT2D eigenvalue weighted by molar-refractivity contribution is 0.561. The molecule has 72 valence electrons. The van der Waals surface area contributed by atoms with Crippen LogP contribution in [0.1, 0.15) is 12.0 Å². The molecular formula is C12H12FN. The molecule has 2 heteroatoms. The molecule has 0 saturated carbocycles. The van der Waals surface area contributed by atoms with Gasteiger partial charge in [-0.3, -0.25) is 0 Å². The van der Waals surface area contributed by atoms with Gasteiger partial charge in [-0.05, 0) is 24.1 Å². The number of rotatable bonds is 1. The molecule has 0 radical (unpaired) electrons. The Labute approximate surface area is 82.7 Å². The Morgan fingerprint density at radius 2 is 1.86 bits per heavy atom. The molecule has 0 aliphatic heterocycles. The van der Waals surface area contributed by atoms with Crippen molar-refractivity contribution in [3.8, 4) is 0 Å². The zero-order valence-electron chi connectivity index (χ0n) is 7.78. The Morgan fingerprint density at radius 1 is 1.14 bits per heavy atom. The van der Waals surface area contributed by atoms with E-state index in [0.717, 1.165) is 12.0 Å². The standard InChI is InChI=1S/C12H12FN/c13-11-6-4-10(5-7-11)12(14)8-2-1-3-9-12/h1-8H,9,14H2. The van der Waals surface area contributed by atoms with Crippen molar-refractivity contribution in [2.75, 3.05) is 0 Å². The van der Waals surface area contributed by atoms with Crippen LogP contribution in [0.15, 0.2) is 48.6 Å². The minimum Gasteiger partial charge on any atom is -0.318 e. The molecule has 0 saturated heterocycles. The maximum absolute atomic E-state index is 12.7. The van der Waals surface area contributed by atoms with E-state index in [1.165, 1.54) is 12.1 Å². The van der Waals surface area contributed by atoms with Gasteiger partial charge in [-0.2, -0.15) is 0 Å². The number of benzene rings is 1. The Kier molecular flexibility index (Phi) is 2.22. The van der Waals surface area contributed by atoms with E-state index in [2.05, 4.69) is 0 Å². The third-order valence-corrected chi connectivity index (χ3v) is 2.48. The zero-order valence-corrected chi connectivity index (χ0v) is 7.78. The summed E-state index contributed by atoms with van der Waals surface area (Å²) in [5.74, 6) is -0.229. The lowest BCUT2D eigenvalue weighted by Gasteiger charge is -2.26. The highest BCUT2D eigenvalue weighted by Crippen LogP contribution is 2.26.